The van der Waals surface area contributed by atoms with Gasteiger partial charge in [-0.15, -0.1) is 0 Å². The predicted octanol–water partition coefficient (Wildman–Crippen LogP) is 1.02. The van der Waals surface area contributed by atoms with Crippen LogP contribution in [0.15, 0.2) is 12.4 Å². The summed E-state index contributed by atoms with van der Waals surface area (Å²) in [6, 6.07) is 0. The smallest absolute Gasteiger partial charge is 0.357 e. The molecule has 7 heteroatoms. The largest absolute Gasteiger partial charge is 0.476 e. The van der Waals surface area contributed by atoms with E-state index in [-0.39, 0.29) is 11.5 Å². The summed E-state index contributed by atoms with van der Waals surface area (Å²) in [5, 5.41) is 12.9. The van der Waals surface area contributed by atoms with Gasteiger partial charge in [-0.05, 0) is 6.92 Å². The summed E-state index contributed by atoms with van der Waals surface area (Å²) in [6.07, 6.45) is 1.97. The molecule has 6 nitrogen and oxygen atoms in total. The molecule has 17 heavy (non-hydrogen) atoms. The number of carbonyl (C=O) groups is 1. The summed E-state index contributed by atoms with van der Waals surface area (Å²) in [7, 11) is 1.62. The Balaban J connectivity index is 2.65. The van der Waals surface area contributed by atoms with Crippen LogP contribution in [0.25, 0.3) is 11.4 Å². The molecule has 0 amide bonds. The fraction of sp³-hybridized carbons (Fsp3) is 0.200. The van der Waals surface area contributed by atoms with Crippen molar-refractivity contribution in [1.29, 1.82) is 0 Å². The molecule has 0 bridgehead atoms. The van der Waals surface area contributed by atoms with Crippen molar-refractivity contribution in [1.82, 2.24) is 19.7 Å². The van der Waals surface area contributed by atoms with E-state index in [4.69, 9.17) is 5.11 Å². The highest BCUT2D eigenvalue weighted by Gasteiger charge is 2.22. The van der Waals surface area contributed by atoms with Crippen LogP contribution in [-0.2, 0) is 7.05 Å². The summed E-state index contributed by atoms with van der Waals surface area (Å²) < 4.78 is 14.1. The fourth-order valence-electron chi connectivity index (χ4n) is 1.47. The van der Waals surface area contributed by atoms with Crippen LogP contribution in [0.3, 0.4) is 0 Å². The lowest BCUT2D eigenvalue weighted by atomic mass is 10.1. The first kappa shape index (κ1) is 11.2. The van der Waals surface area contributed by atoms with Crippen molar-refractivity contribution in [3.05, 3.63) is 29.6 Å². The number of aryl methyl sites for hydroxylation is 1. The molecular formula is C10H9FN4O2. The van der Waals surface area contributed by atoms with E-state index in [9.17, 15) is 9.18 Å². The summed E-state index contributed by atoms with van der Waals surface area (Å²) in [4.78, 5) is 18.5. The molecule has 88 valence electrons. The van der Waals surface area contributed by atoms with E-state index in [0.717, 1.165) is 12.4 Å². The average Bonchev–Trinajstić information content (AvgIpc) is 2.57. The van der Waals surface area contributed by atoms with Gasteiger partial charge in [-0.2, -0.15) is 5.10 Å². The molecule has 0 atom stereocenters. The zero-order valence-corrected chi connectivity index (χ0v) is 9.18. The van der Waals surface area contributed by atoms with Crippen molar-refractivity contribution < 1.29 is 14.3 Å². The second-order valence-electron chi connectivity index (χ2n) is 3.46. The quantitative estimate of drug-likeness (QED) is 0.841. The van der Waals surface area contributed by atoms with E-state index in [0.29, 0.717) is 11.3 Å². The van der Waals surface area contributed by atoms with Crippen LogP contribution in [0.5, 0.6) is 0 Å². The average molecular weight is 236 g/mol. The van der Waals surface area contributed by atoms with E-state index >= 15 is 0 Å². The number of hydrogen-bond donors (Lipinski definition) is 1. The van der Waals surface area contributed by atoms with Crippen molar-refractivity contribution >= 4 is 5.97 Å². The van der Waals surface area contributed by atoms with Crippen molar-refractivity contribution in [3.63, 3.8) is 0 Å². The number of hydrogen-bond acceptors (Lipinski definition) is 4. The number of aromatic nitrogens is 4. The van der Waals surface area contributed by atoms with Gasteiger partial charge in [0.15, 0.2) is 17.3 Å². The van der Waals surface area contributed by atoms with Gasteiger partial charge >= 0.3 is 5.97 Å². The lowest BCUT2D eigenvalue weighted by Gasteiger charge is -1.99. The standard InChI is InChI=1S/C10H9FN4O2/c1-5-7(8(10(16)17)14-15(5)2)9-12-3-6(11)4-13-9/h3-4H,1-2H3,(H,16,17). The first-order valence-electron chi connectivity index (χ1n) is 4.75. The SMILES string of the molecule is Cc1c(-c2ncc(F)cn2)c(C(=O)O)nn1C. The highest BCUT2D eigenvalue weighted by Crippen LogP contribution is 2.23. The van der Waals surface area contributed by atoms with Gasteiger partial charge in [0.1, 0.15) is 0 Å². The maximum atomic E-state index is 12.7. The summed E-state index contributed by atoms with van der Waals surface area (Å²) in [5.74, 6) is -1.60. The number of nitrogens with zero attached hydrogens (tertiary/aromatic N) is 4. The maximum Gasteiger partial charge on any atom is 0.357 e. The molecule has 0 saturated heterocycles. The summed E-state index contributed by atoms with van der Waals surface area (Å²) in [5.41, 5.74) is 0.769. The Bertz CT molecular complexity index is 577. The highest BCUT2D eigenvalue weighted by molar-refractivity contribution is 5.93. The Morgan fingerprint density at radius 1 is 1.41 bits per heavy atom. The molecule has 0 spiro atoms. The molecule has 2 heterocycles. The topological polar surface area (TPSA) is 80.9 Å². The van der Waals surface area contributed by atoms with Gasteiger partial charge in [-0.1, -0.05) is 0 Å². The molecule has 1 N–H and O–H groups in total. The fourth-order valence-corrected chi connectivity index (χ4v) is 1.47. The van der Waals surface area contributed by atoms with Crippen LogP contribution in [-0.4, -0.2) is 30.8 Å². The van der Waals surface area contributed by atoms with Crippen molar-refractivity contribution in [2.45, 2.75) is 6.92 Å². The second kappa shape index (κ2) is 3.93. The molecule has 0 fully saturated rings. The lowest BCUT2D eigenvalue weighted by Crippen LogP contribution is -2.01. The number of carboxylic acid groups (broad SMARTS) is 1. The second-order valence-corrected chi connectivity index (χ2v) is 3.46. The Morgan fingerprint density at radius 2 is 2.00 bits per heavy atom. The van der Waals surface area contributed by atoms with Gasteiger partial charge in [0, 0.05) is 12.7 Å². The minimum Gasteiger partial charge on any atom is -0.476 e. The first-order valence-corrected chi connectivity index (χ1v) is 4.75. The summed E-state index contributed by atoms with van der Waals surface area (Å²) in [6.45, 7) is 1.70. The molecule has 0 unspecified atom stereocenters. The maximum absolute atomic E-state index is 12.7. The van der Waals surface area contributed by atoms with Crippen LogP contribution >= 0.6 is 0 Å². The third-order valence-corrected chi connectivity index (χ3v) is 2.38. The third-order valence-electron chi connectivity index (χ3n) is 2.38. The van der Waals surface area contributed by atoms with Gasteiger partial charge in [0.2, 0.25) is 0 Å². The van der Waals surface area contributed by atoms with E-state index in [1.807, 2.05) is 0 Å². The molecule has 2 aromatic rings. The van der Waals surface area contributed by atoms with Crippen LogP contribution < -0.4 is 0 Å². The molecular weight excluding hydrogens is 227 g/mol. The molecule has 0 aliphatic heterocycles. The molecule has 0 aliphatic carbocycles. The van der Waals surface area contributed by atoms with Gasteiger partial charge in [0.05, 0.1) is 18.0 Å². The number of aromatic carboxylic acids is 1. The van der Waals surface area contributed by atoms with Gasteiger partial charge in [-0.25, -0.2) is 19.2 Å². The van der Waals surface area contributed by atoms with Crippen LogP contribution in [0.4, 0.5) is 4.39 Å². The van der Waals surface area contributed by atoms with Crippen molar-refractivity contribution in [2.75, 3.05) is 0 Å². The molecule has 0 aromatic carbocycles. The first-order chi connectivity index (χ1) is 8.00. The Morgan fingerprint density at radius 3 is 2.53 bits per heavy atom. The minimum atomic E-state index is -1.17. The summed E-state index contributed by atoms with van der Waals surface area (Å²) >= 11 is 0. The molecule has 0 saturated carbocycles. The molecule has 2 aromatic heterocycles. The van der Waals surface area contributed by atoms with Gasteiger partial charge in [-0.3, -0.25) is 4.68 Å². The van der Waals surface area contributed by atoms with Gasteiger partial charge in [0.25, 0.3) is 0 Å². The van der Waals surface area contributed by atoms with E-state index in [1.165, 1.54) is 4.68 Å². The van der Waals surface area contributed by atoms with Crippen molar-refractivity contribution in [3.8, 4) is 11.4 Å². The number of halogens is 1. The predicted molar refractivity (Wildman–Crippen MR) is 55.9 cm³/mol. The Hall–Kier alpha value is -2.31. The van der Waals surface area contributed by atoms with Crippen LogP contribution in [0.2, 0.25) is 0 Å². The third kappa shape index (κ3) is 1.86. The minimum absolute atomic E-state index is 0.142. The van der Waals surface area contributed by atoms with E-state index in [2.05, 4.69) is 15.1 Å². The number of carboxylic acids is 1. The van der Waals surface area contributed by atoms with Gasteiger partial charge < -0.3 is 5.11 Å². The highest BCUT2D eigenvalue weighted by atomic mass is 19.1. The van der Waals surface area contributed by atoms with E-state index in [1.54, 1.807) is 14.0 Å². The molecule has 2 rings (SSSR count). The lowest BCUT2D eigenvalue weighted by molar-refractivity contribution is 0.0690. The normalized spacial score (nSPS) is 10.5. The monoisotopic (exact) mass is 236 g/mol. The van der Waals surface area contributed by atoms with E-state index < -0.39 is 11.8 Å². The Kier molecular flexibility index (Phi) is 2.58. The van der Waals surface area contributed by atoms with Crippen LogP contribution in [0, 0.1) is 12.7 Å². The number of rotatable bonds is 2. The van der Waals surface area contributed by atoms with Crippen LogP contribution in [0.1, 0.15) is 16.2 Å². The molecule has 0 aliphatic rings. The zero-order valence-electron chi connectivity index (χ0n) is 9.18. The Labute approximate surface area is 95.8 Å². The van der Waals surface area contributed by atoms with Crippen molar-refractivity contribution in [2.24, 2.45) is 7.05 Å². The molecule has 0 radical (unpaired) electrons. The zero-order chi connectivity index (χ0) is 12.6.